The second-order valence-electron chi connectivity index (χ2n) is 8.79. The van der Waals surface area contributed by atoms with Crippen LogP contribution in [0.25, 0.3) is 10.4 Å². The largest absolute Gasteiger partial charge is 0.350 e. The highest BCUT2D eigenvalue weighted by Gasteiger charge is 2.54. The fourth-order valence-electron chi connectivity index (χ4n) is 4.71. The molecule has 1 N–H and O–H groups in total. The van der Waals surface area contributed by atoms with Gasteiger partial charge in [-0.1, -0.05) is 47.5 Å². The smallest absolute Gasteiger partial charge is 0.255 e. The van der Waals surface area contributed by atoms with Crippen LogP contribution < -0.4 is 5.32 Å². The standard InChI is InChI=1S/C26H26N2O2S/c1-16-6-8-18(9-7-16)24-21(10-11-31-24)26(30)28-15-20-13-22(20)23(28)14-27-25(29)19-5-3-4-17(2)12-19/h3-12,20,22-23H,13-15H2,1-2H3,(H,27,29)/t20-,22-,23+/m0/s1. The van der Waals surface area contributed by atoms with Gasteiger partial charge in [-0.05, 0) is 61.2 Å². The Kier molecular flexibility index (Phi) is 5.14. The fraction of sp³-hybridized carbons (Fsp3) is 0.308. The van der Waals surface area contributed by atoms with Crippen molar-refractivity contribution in [1.82, 2.24) is 10.2 Å². The minimum Gasteiger partial charge on any atom is -0.350 e. The third-order valence-electron chi connectivity index (χ3n) is 6.53. The van der Waals surface area contributed by atoms with Crippen molar-refractivity contribution in [2.45, 2.75) is 26.3 Å². The highest BCUT2D eigenvalue weighted by Crippen LogP contribution is 2.50. The molecule has 0 unspecified atom stereocenters. The molecule has 5 rings (SSSR count). The first-order valence-corrected chi connectivity index (χ1v) is 11.7. The van der Waals surface area contributed by atoms with Crippen molar-refractivity contribution in [1.29, 1.82) is 0 Å². The number of aryl methyl sites for hydroxylation is 2. The SMILES string of the molecule is Cc1ccc(-c2sccc2C(=O)N2C[C@@H]3C[C@@H]3[C@H]2CNC(=O)c2cccc(C)c2)cc1. The molecular formula is C26H26N2O2S. The summed E-state index contributed by atoms with van der Waals surface area (Å²) < 4.78 is 0. The van der Waals surface area contributed by atoms with Gasteiger partial charge in [0.2, 0.25) is 0 Å². The third-order valence-corrected chi connectivity index (χ3v) is 7.49. The Bertz CT molecular complexity index is 1130. The number of piperidine rings is 1. The third kappa shape index (κ3) is 3.90. The monoisotopic (exact) mass is 430 g/mol. The number of fused-ring (bicyclic) bond motifs is 1. The first-order valence-electron chi connectivity index (χ1n) is 10.8. The molecule has 1 aliphatic heterocycles. The Morgan fingerprint density at radius 2 is 1.87 bits per heavy atom. The summed E-state index contributed by atoms with van der Waals surface area (Å²) in [4.78, 5) is 29.2. The summed E-state index contributed by atoms with van der Waals surface area (Å²) in [5.74, 6) is 1.09. The Labute approximate surface area is 186 Å². The van der Waals surface area contributed by atoms with Gasteiger partial charge in [-0.25, -0.2) is 0 Å². The average molecular weight is 431 g/mol. The van der Waals surface area contributed by atoms with Gasteiger partial charge in [0.1, 0.15) is 0 Å². The van der Waals surface area contributed by atoms with Gasteiger partial charge in [0.25, 0.3) is 11.8 Å². The van der Waals surface area contributed by atoms with E-state index < -0.39 is 0 Å². The van der Waals surface area contributed by atoms with Crippen molar-refractivity contribution < 1.29 is 9.59 Å². The van der Waals surface area contributed by atoms with E-state index in [1.54, 1.807) is 11.3 Å². The molecule has 3 atom stereocenters. The minimum absolute atomic E-state index is 0.0667. The molecule has 4 nitrogen and oxygen atoms in total. The van der Waals surface area contributed by atoms with Gasteiger partial charge in [0.05, 0.1) is 11.6 Å². The highest BCUT2D eigenvalue weighted by atomic mass is 32.1. The fourth-order valence-corrected chi connectivity index (χ4v) is 5.61. The number of benzene rings is 2. The van der Waals surface area contributed by atoms with Crippen LogP contribution >= 0.6 is 11.3 Å². The Balaban J connectivity index is 1.32. The molecule has 1 saturated carbocycles. The number of nitrogens with one attached hydrogen (secondary N) is 1. The molecule has 0 radical (unpaired) electrons. The van der Waals surface area contributed by atoms with E-state index >= 15 is 0 Å². The normalized spacial score (nSPS) is 21.6. The van der Waals surface area contributed by atoms with Gasteiger partial charge in [-0.15, -0.1) is 11.3 Å². The molecular weight excluding hydrogens is 404 g/mol. The quantitative estimate of drug-likeness (QED) is 0.624. The van der Waals surface area contributed by atoms with E-state index in [1.807, 2.05) is 47.5 Å². The van der Waals surface area contributed by atoms with Crippen molar-refractivity contribution in [2.24, 2.45) is 11.8 Å². The molecule has 0 spiro atoms. The zero-order valence-corrected chi connectivity index (χ0v) is 18.6. The van der Waals surface area contributed by atoms with Crippen LogP contribution in [0.4, 0.5) is 0 Å². The van der Waals surface area contributed by atoms with Crippen LogP contribution in [0.15, 0.2) is 60.0 Å². The zero-order valence-electron chi connectivity index (χ0n) is 17.8. The van der Waals surface area contributed by atoms with Crippen molar-refractivity contribution in [3.63, 3.8) is 0 Å². The summed E-state index contributed by atoms with van der Waals surface area (Å²) in [6.07, 6.45) is 1.16. The summed E-state index contributed by atoms with van der Waals surface area (Å²) in [7, 11) is 0. The van der Waals surface area contributed by atoms with E-state index in [1.165, 1.54) is 5.56 Å². The maximum atomic E-state index is 13.5. The van der Waals surface area contributed by atoms with E-state index in [0.717, 1.165) is 34.5 Å². The minimum atomic E-state index is -0.0731. The maximum absolute atomic E-state index is 13.5. The van der Waals surface area contributed by atoms with Gasteiger partial charge >= 0.3 is 0 Å². The van der Waals surface area contributed by atoms with Gasteiger partial charge < -0.3 is 10.2 Å². The topological polar surface area (TPSA) is 49.4 Å². The van der Waals surface area contributed by atoms with Crippen molar-refractivity contribution in [3.8, 4) is 10.4 Å². The number of hydrogen-bond donors (Lipinski definition) is 1. The van der Waals surface area contributed by atoms with Crippen LogP contribution in [0, 0.1) is 25.7 Å². The number of amides is 2. The van der Waals surface area contributed by atoms with E-state index in [9.17, 15) is 9.59 Å². The lowest BCUT2D eigenvalue weighted by Crippen LogP contribution is -2.45. The maximum Gasteiger partial charge on any atom is 0.255 e. The van der Waals surface area contributed by atoms with Crippen LogP contribution in [0.2, 0.25) is 0 Å². The summed E-state index contributed by atoms with van der Waals surface area (Å²) in [6, 6.07) is 17.9. The number of nitrogens with zero attached hydrogens (tertiary/aromatic N) is 1. The predicted molar refractivity (Wildman–Crippen MR) is 124 cm³/mol. The summed E-state index contributed by atoms with van der Waals surface area (Å²) >= 11 is 1.61. The Morgan fingerprint density at radius 1 is 1.06 bits per heavy atom. The lowest BCUT2D eigenvalue weighted by atomic mass is 10.1. The van der Waals surface area contributed by atoms with Gasteiger partial charge in [-0.3, -0.25) is 9.59 Å². The average Bonchev–Trinajstić information content (AvgIpc) is 3.20. The molecule has 0 bridgehead atoms. The zero-order chi connectivity index (χ0) is 21.5. The second kappa shape index (κ2) is 7.97. The lowest BCUT2D eigenvalue weighted by Gasteiger charge is -2.28. The molecule has 2 fully saturated rings. The first kappa shape index (κ1) is 20.0. The summed E-state index contributed by atoms with van der Waals surface area (Å²) in [6.45, 7) is 5.34. The van der Waals surface area contributed by atoms with E-state index in [0.29, 0.717) is 23.9 Å². The molecule has 1 aromatic heterocycles. The molecule has 5 heteroatoms. The molecule has 2 amide bonds. The predicted octanol–water partition coefficient (Wildman–Crippen LogP) is 4.92. The van der Waals surface area contributed by atoms with Crippen LogP contribution in [0.3, 0.4) is 0 Å². The Morgan fingerprint density at radius 3 is 2.65 bits per heavy atom. The van der Waals surface area contributed by atoms with Crippen LogP contribution in [0.1, 0.15) is 38.3 Å². The molecule has 3 aromatic rings. The van der Waals surface area contributed by atoms with Gasteiger partial charge in [0, 0.05) is 23.5 Å². The lowest BCUT2D eigenvalue weighted by molar-refractivity contribution is 0.0696. The van der Waals surface area contributed by atoms with Crippen molar-refractivity contribution >= 4 is 23.2 Å². The van der Waals surface area contributed by atoms with Crippen molar-refractivity contribution in [2.75, 3.05) is 13.1 Å². The van der Waals surface area contributed by atoms with E-state index in [-0.39, 0.29) is 17.9 Å². The first-order chi connectivity index (χ1) is 15.0. The van der Waals surface area contributed by atoms with E-state index in [2.05, 4.69) is 36.5 Å². The Hall–Kier alpha value is -2.92. The highest BCUT2D eigenvalue weighted by molar-refractivity contribution is 7.14. The van der Waals surface area contributed by atoms with Gasteiger partial charge in [-0.2, -0.15) is 0 Å². The van der Waals surface area contributed by atoms with E-state index in [4.69, 9.17) is 0 Å². The van der Waals surface area contributed by atoms with Crippen molar-refractivity contribution in [3.05, 3.63) is 82.2 Å². The number of rotatable bonds is 5. The van der Waals surface area contributed by atoms with Crippen LogP contribution in [-0.2, 0) is 0 Å². The molecule has 158 valence electrons. The molecule has 31 heavy (non-hydrogen) atoms. The van der Waals surface area contributed by atoms with Crippen LogP contribution in [-0.4, -0.2) is 35.8 Å². The number of hydrogen-bond acceptors (Lipinski definition) is 3. The number of likely N-dealkylation sites (tertiary alicyclic amines) is 1. The number of carbonyl (C=O) groups excluding carboxylic acids is 2. The van der Waals surface area contributed by atoms with Crippen LogP contribution in [0.5, 0.6) is 0 Å². The number of carbonyl (C=O) groups is 2. The summed E-state index contributed by atoms with van der Waals surface area (Å²) in [5, 5.41) is 5.07. The molecule has 1 aliphatic carbocycles. The second-order valence-corrected chi connectivity index (χ2v) is 9.71. The van der Waals surface area contributed by atoms with Gasteiger partial charge in [0.15, 0.2) is 0 Å². The molecule has 2 heterocycles. The number of thiophene rings is 1. The summed E-state index contributed by atoms with van der Waals surface area (Å²) in [5.41, 5.74) is 4.79. The molecule has 1 saturated heterocycles. The molecule has 2 aromatic carbocycles. The molecule has 2 aliphatic rings.